The van der Waals surface area contributed by atoms with E-state index in [1.807, 2.05) is 0 Å². The minimum Gasteiger partial charge on any atom is -0.477 e. The molecule has 0 saturated carbocycles. The van der Waals surface area contributed by atoms with Crippen molar-refractivity contribution in [3.63, 3.8) is 0 Å². The van der Waals surface area contributed by atoms with Crippen molar-refractivity contribution in [3.05, 3.63) is 0 Å². The third-order valence-electron chi connectivity index (χ3n) is 0.367. The molecule has 46 valence electrons. The maximum absolute atomic E-state index is 9.64. The van der Waals surface area contributed by atoms with Crippen LogP contribution in [0.5, 0.6) is 0 Å². The average molecular weight is 117 g/mol. The Balaban J connectivity index is 3.20. The summed E-state index contributed by atoms with van der Waals surface area (Å²) in [5.74, 6) is -1.10. The molecule has 8 heavy (non-hydrogen) atoms. The molecule has 1 N–H and O–H groups in total. The van der Waals surface area contributed by atoms with Crippen molar-refractivity contribution in [1.29, 1.82) is 0 Å². The fraction of sp³-hybridized carbons (Fsp3) is 0.500. The van der Waals surface area contributed by atoms with Crippen LogP contribution in [0.3, 0.4) is 0 Å². The molecule has 0 bridgehead atoms. The molecule has 0 spiro atoms. The van der Waals surface area contributed by atoms with E-state index in [0.717, 1.165) is 0 Å². The predicted molar refractivity (Wildman–Crippen MR) is 27.8 cm³/mol. The monoisotopic (exact) mass is 117 g/mol. The summed E-state index contributed by atoms with van der Waals surface area (Å²) < 4.78 is 0. The van der Waals surface area contributed by atoms with Gasteiger partial charge in [-0.1, -0.05) is 5.16 Å². The third-order valence-corrected chi connectivity index (χ3v) is 0.367. The molecule has 4 heteroatoms. The molecule has 0 aromatic rings. The van der Waals surface area contributed by atoms with Gasteiger partial charge in [-0.25, -0.2) is 4.79 Å². The maximum atomic E-state index is 9.64. The van der Waals surface area contributed by atoms with Crippen molar-refractivity contribution >= 4 is 12.2 Å². The number of nitrogens with zero attached hydrogens (tertiary/aromatic N) is 1. The minimum atomic E-state index is -1.10. The molecule has 0 unspecified atom stereocenters. The zero-order chi connectivity index (χ0) is 6.41. The van der Waals surface area contributed by atoms with Gasteiger partial charge in [-0.15, -0.1) is 0 Å². The molecule has 0 aliphatic rings. The first kappa shape index (κ1) is 6.94. The van der Waals surface area contributed by atoms with Crippen molar-refractivity contribution in [2.45, 2.75) is 6.92 Å². The Bertz CT molecular complexity index is 99.5. The summed E-state index contributed by atoms with van der Waals surface area (Å²) in [6.07, 6.45) is 0.698. The van der Waals surface area contributed by atoms with Gasteiger partial charge in [0.05, 0.1) is 0 Å². The topological polar surface area (TPSA) is 58.9 Å². The number of oxime groups is 1. The molecule has 0 atom stereocenters. The van der Waals surface area contributed by atoms with Gasteiger partial charge in [0.25, 0.3) is 0 Å². The van der Waals surface area contributed by atoms with E-state index < -0.39 is 5.97 Å². The van der Waals surface area contributed by atoms with E-state index >= 15 is 0 Å². The molecular weight excluding hydrogens is 110 g/mol. The molecule has 0 heterocycles. The number of hydrogen-bond acceptors (Lipinski definition) is 3. The Morgan fingerprint density at radius 2 is 2.62 bits per heavy atom. The SMILES string of the molecule is CCO/N=C/C(=O)O. The molecule has 0 aromatic carbocycles. The number of rotatable bonds is 3. The Morgan fingerprint density at radius 1 is 2.00 bits per heavy atom. The third kappa shape index (κ3) is 4.94. The predicted octanol–water partition coefficient (Wildman–Crippen LogP) is 0.0933. The van der Waals surface area contributed by atoms with Gasteiger partial charge < -0.3 is 9.94 Å². The Kier molecular flexibility index (Phi) is 3.56. The van der Waals surface area contributed by atoms with Crippen LogP contribution in [0.4, 0.5) is 0 Å². The van der Waals surface area contributed by atoms with Gasteiger partial charge in [-0.05, 0) is 6.92 Å². The van der Waals surface area contributed by atoms with Crippen molar-refractivity contribution in [2.75, 3.05) is 6.61 Å². The zero-order valence-corrected chi connectivity index (χ0v) is 4.50. The van der Waals surface area contributed by atoms with Crippen LogP contribution in [-0.2, 0) is 9.63 Å². The van der Waals surface area contributed by atoms with Crippen LogP contribution >= 0.6 is 0 Å². The lowest BCUT2D eigenvalue weighted by atomic mass is 10.8. The Morgan fingerprint density at radius 3 is 3.00 bits per heavy atom. The van der Waals surface area contributed by atoms with Gasteiger partial charge >= 0.3 is 5.97 Å². The number of carbonyl (C=O) groups is 1. The van der Waals surface area contributed by atoms with E-state index in [1.165, 1.54) is 0 Å². The second-order valence-electron chi connectivity index (χ2n) is 0.991. The van der Waals surface area contributed by atoms with Crippen LogP contribution in [-0.4, -0.2) is 23.9 Å². The van der Waals surface area contributed by atoms with Gasteiger partial charge in [0.1, 0.15) is 6.61 Å². The summed E-state index contributed by atoms with van der Waals surface area (Å²) in [7, 11) is 0. The molecule has 4 nitrogen and oxygen atoms in total. The number of carboxylic acid groups (broad SMARTS) is 1. The lowest BCUT2D eigenvalue weighted by Gasteiger charge is -1.85. The van der Waals surface area contributed by atoms with E-state index in [2.05, 4.69) is 9.99 Å². The van der Waals surface area contributed by atoms with Gasteiger partial charge in [-0.2, -0.15) is 0 Å². The first-order chi connectivity index (χ1) is 3.77. The molecule has 0 saturated heterocycles. The minimum absolute atomic E-state index is 0.393. The summed E-state index contributed by atoms with van der Waals surface area (Å²) in [6.45, 7) is 2.11. The summed E-state index contributed by atoms with van der Waals surface area (Å²) >= 11 is 0. The Hall–Kier alpha value is -1.06. The quantitative estimate of drug-likeness (QED) is 0.421. The van der Waals surface area contributed by atoms with Crippen molar-refractivity contribution in [2.24, 2.45) is 5.16 Å². The highest BCUT2D eigenvalue weighted by molar-refractivity contribution is 6.21. The normalized spacial score (nSPS) is 9.62. The molecule has 0 aromatic heterocycles. The fourth-order valence-corrected chi connectivity index (χ4v) is 0.157. The second kappa shape index (κ2) is 4.11. The van der Waals surface area contributed by atoms with Crippen LogP contribution in [0, 0.1) is 0 Å². The average Bonchev–Trinajstić information content (AvgIpc) is 1.66. The molecule has 0 fully saturated rings. The summed E-state index contributed by atoms with van der Waals surface area (Å²) in [5.41, 5.74) is 0. The summed E-state index contributed by atoms with van der Waals surface area (Å²) in [6, 6.07) is 0. The largest absolute Gasteiger partial charge is 0.477 e. The molecule has 0 aliphatic heterocycles. The van der Waals surface area contributed by atoms with Gasteiger partial charge in [0.2, 0.25) is 0 Å². The van der Waals surface area contributed by atoms with Crippen molar-refractivity contribution in [3.8, 4) is 0 Å². The fourth-order valence-electron chi connectivity index (χ4n) is 0.157. The standard InChI is InChI=1S/C4H7NO3/c1-2-8-5-3-4(6)7/h3H,2H2,1H3,(H,6,7)/b5-3+. The zero-order valence-electron chi connectivity index (χ0n) is 4.50. The van der Waals surface area contributed by atoms with Gasteiger partial charge in [-0.3, -0.25) is 0 Å². The first-order valence-corrected chi connectivity index (χ1v) is 2.15. The van der Waals surface area contributed by atoms with Crippen molar-refractivity contribution < 1.29 is 14.7 Å². The van der Waals surface area contributed by atoms with E-state index in [0.29, 0.717) is 12.8 Å². The highest BCUT2D eigenvalue weighted by Crippen LogP contribution is 1.69. The van der Waals surface area contributed by atoms with Crippen LogP contribution < -0.4 is 0 Å². The van der Waals surface area contributed by atoms with E-state index in [1.54, 1.807) is 6.92 Å². The van der Waals surface area contributed by atoms with Gasteiger partial charge in [0.15, 0.2) is 6.21 Å². The van der Waals surface area contributed by atoms with Crippen LogP contribution in [0.15, 0.2) is 5.16 Å². The Labute approximate surface area is 46.8 Å². The number of aliphatic carboxylic acids is 1. The molecule has 0 amide bonds. The molecule has 0 aliphatic carbocycles. The van der Waals surface area contributed by atoms with E-state index in [9.17, 15) is 4.79 Å². The number of hydrogen-bond donors (Lipinski definition) is 1. The first-order valence-electron chi connectivity index (χ1n) is 2.15. The number of carboxylic acids is 1. The van der Waals surface area contributed by atoms with Crippen LogP contribution in [0.2, 0.25) is 0 Å². The smallest absolute Gasteiger partial charge is 0.350 e. The van der Waals surface area contributed by atoms with Crippen LogP contribution in [0.1, 0.15) is 6.92 Å². The lowest BCUT2D eigenvalue weighted by molar-refractivity contribution is -0.129. The summed E-state index contributed by atoms with van der Waals surface area (Å²) in [5, 5.41) is 11.0. The second-order valence-corrected chi connectivity index (χ2v) is 0.991. The van der Waals surface area contributed by atoms with Gasteiger partial charge in [0, 0.05) is 0 Å². The molecular formula is C4H7NO3. The van der Waals surface area contributed by atoms with Crippen molar-refractivity contribution in [1.82, 2.24) is 0 Å². The van der Waals surface area contributed by atoms with Crippen LogP contribution in [0.25, 0.3) is 0 Å². The molecule has 0 radical (unpaired) electrons. The highest BCUT2D eigenvalue weighted by Gasteiger charge is 1.83. The maximum Gasteiger partial charge on any atom is 0.350 e. The molecule has 0 rings (SSSR count). The lowest BCUT2D eigenvalue weighted by Crippen LogP contribution is -1.95. The van der Waals surface area contributed by atoms with E-state index in [4.69, 9.17) is 5.11 Å². The van der Waals surface area contributed by atoms with E-state index in [-0.39, 0.29) is 0 Å². The highest BCUT2D eigenvalue weighted by atomic mass is 16.6. The summed E-state index contributed by atoms with van der Waals surface area (Å²) in [4.78, 5) is 14.0.